The predicted octanol–water partition coefficient (Wildman–Crippen LogP) is 4.37. The first-order valence-electron chi connectivity index (χ1n) is 9.64. The second-order valence-corrected chi connectivity index (χ2v) is 7.41. The minimum atomic E-state index is -0.736. The molecule has 3 atom stereocenters. The molecule has 0 aromatic heterocycles. The van der Waals surface area contributed by atoms with Gasteiger partial charge in [0.15, 0.2) is 0 Å². The molecule has 2 N–H and O–H groups in total. The number of halogens is 1. The molecule has 1 saturated heterocycles. The smallest absolute Gasteiger partial charge is 0.303 e. The van der Waals surface area contributed by atoms with Gasteiger partial charge in [-0.2, -0.15) is 0 Å². The number of unbranched alkanes of at least 4 members (excludes halogenated alkanes) is 3. The lowest BCUT2D eigenvalue weighted by atomic mass is 10.1. The third-order valence-electron chi connectivity index (χ3n) is 4.69. The van der Waals surface area contributed by atoms with Gasteiger partial charge >= 0.3 is 5.97 Å². The zero-order chi connectivity index (χ0) is 18.5. The molecule has 2 unspecified atom stereocenters. The molecule has 0 bridgehead atoms. The van der Waals surface area contributed by atoms with Crippen molar-refractivity contribution in [2.75, 3.05) is 13.1 Å². The summed E-state index contributed by atoms with van der Waals surface area (Å²) in [6.45, 7) is 3.98. The van der Waals surface area contributed by atoms with E-state index in [2.05, 4.69) is 30.1 Å². The van der Waals surface area contributed by atoms with Crippen LogP contribution in [0.1, 0.15) is 64.7 Å². The Labute approximate surface area is 157 Å². The highest BCUT2D eigenvalue weighted by Crippen LogP contribution is 2.25. The van der Waals surface area contributed by atoms with Gasteiger partial charge in [0.25, 0.3) is 0 Å². The molecule has 1 fully saturated rings. The van der Waals surface area contributed by atoms with Crippen LogP contribution >= 0.6 is 11.6 Å². The summed E-state index contributed by atoms with van der Waals surface area (Å²) in [5.74, 6) is -0.736. The number of aliphatic carboxylic acids is 1. The van der Waals surface area contributed by atoms with Crippen LogP contribution in [0.2, 0.25) is 0 Å². The number of aliphatic hydroxyl groups is 1. The van der Waals surface area contributed by atoms with Crippen LogP contribution in [0.15, 0.2) is 24.3 Å². The van der Waals surface area contributed by atoms with E-state index < -0.39 is 5.97 Å². The summed E-state index contributed by atoms with van der Waals surface area (Å²) in [4.78, 5) is 12.8. The van der Waals surface area contributed by atoms with Crippen molar-refractivity contribution in [1.29, 1.82) is 0 Å². The SMILES string of the molecule is CCCCCC(O)/C=C\CN1CC[C@@H](Cl)C1C/C=C/CCCC(=O)O. The van der Waals surface area contributed by atoms with E-state index in [9.17, 15) is 9.90 Å². The fourth-order valence-electron chi connectivity index (χ4n) is 3.18. The number of rotatable bonds is 13. The van der Waals surface area contributed by atoms with Crippen LogP contribution < -0.4 is 0 Å². The number of carbonyl (C=O) groups is 1. The maximum Gasteiger partial charge on any atom is 0.303 e. The molecule has 5 heteroatoms. The molecule has 0 saturated carbocycles. The first-order chi connectivity index (χ1) is 12.0. The standard InChI is InChI=1S/C20H34ClNO3/c1-2-3-6-10-17(23)11-9-15-22-16-14-18(21)19(22)12-7-4-5-8-13-20(24)25/h4,7,9,11,17-19,23H,2-3,5-6,8,10,12-16H2,1H3,(H,24,25)/b7-4+,11-9-/t17?,18-,19?/m1/s1. The van der Waals surface area contributed by atoms with E-state index in [4.69, 9.17) is 16.7 Å². The highest BCUT2D eigenvalue weighted by molar-refractivity contribution is 6.21. The van der Waals surface area contributed by atoms with Gasteiger partial charge in [-0.1, -0.05) is 50.5 Å². The second kappa shape index (κ2) is 13.4. The minimum absolute atomic E-state index is 0.159. The molecule has 0 aromatic rings. The Morgan fingerprint density at radius 2 is 2.08 bits per heavy atom. The summed E-state index contributed by atoms with van der Waals surface area (Å²) in [5, 5.41) is 18.7. The molecular formula is C20H34ClNO3. The van der Waals surface area contributed by atoms with Crippen LogP contribution in [0, 0.1) is 0 Å². The number of alkyl halides is 1. The van der Waals surface area contributed by atoms with Gasteiger partial charge in [0.1, 0.15) is 0 Å². The second-order valence-electron chi connectivity index (χ2n) is 6.85. The van der Waals surface area contributed by atoms with E-state index in [1.807, 2.05) is 6.08 Å². The van der Waals surface area contributed by atoms with Crippen molar-refractivity contribution >= 4 is 17.6 Å². The van der Waals surface area contributed by atoms with E-state index in [-0.39, 0.29) is 17.9 Å². The number of allylic oxidation sites excluding steroid dienone is 1. The van der Waals surface area contributed by atoms with Gasteiger partial charge < -0.3 is 10.2 Å². The van der Waals surface area contributed by atoms with E-state index in [1.165, 1.54) is 12.8 Å². The van der Waals surface area contributed by atoms with Crippen molar-refractivity contribution in [2.24, 2.45) is 0 Å². The summed E-state index contributed by atoms with van der Waals surface area (Å²) in [7, 11) is 0. The Balaban J connectivity index is 2.30. The minimum Gasteiger partial charge on any atom is -0.481 e. The molecule has 0 aromatic carbocycles. The maximum atomic E-state index is 10.5. The summed E-state index contributed by atoms with van der Waals surface area (Å²) in [6.07, 6.45) is 15.7. The zero-order valence-electron chi connectivity index (χ0n) is 15.4. The number of hydrogen-bond donors (Lipinski definition) is 2. The zero-order valence-corrected chi connectivity index (χ0v) is 16.2. The monoisotopic (exact) mass is 371 g/mol. The lowest BCUT2D eigenvalue weighted by molar-refractivity contribution is -0.137. The fraction of sp³-hybridized carbons (Fsp3) is 0.750. The van der Waals surface area contributed by atoms with Gasteiger partial charge in [0, 0.05) is 25.6 Å². The number of aliphatic hydroxyl groups excluding tert-OH is 1. The Morgan fingerprint density at radius 3 is 2.80 bits per heavy atom. The van der Waals surface area contributed by atoms with Crippen LogP contribution in [0.4, 0.5) is 0 Å². The third-order valence-corrected chi connectivity index (χ3v) is 5.19. The highest BCUT2D eigenvalue weighted by atomic mass is 35.5. The Hall–Kier alpha value is -0.840. The summed E-state index contributed by atoms with van der Waals surface area (Å²) < 4.78 is 0. The number of carboxylic acids is 1. The Kier molecular flexibility index (Phi) is 11.9. The number of nitrogens with zero attached hydrogens (tertiary/aromatic N) is 1. The number of hydrogen-bond acceptors (Lipinski definition) is 3. The molecule has 0 amide bonds. The van der Waals surface area contributed by atoms with Crippen LogP contribution in [0.5, 0.6) is 0 Å². The fourth-order valence-corrected chi connectivity index (χ4v) is 3.54. The van der Waals surface area contributed by atoms with Crippen LogP contribution in [0.25, 0.3) is 0 Å². The Bertz CT molecular complexity index is 425. The van der Waals surface area contributed by atoms with Crippen LogP contribution in [-0.2, 0) is 4.79 Å². The predicted molar refractivity (Wildman–Crippen MR) is 104 cm³/mol. The number of carboxylic acid groups (broad SMARTS) is 1. The van der Waals surface area contributed by atoms with Crippen LogP contribution in [0.3, 0.4) is 0 Å². The lowest BCUT2D eigenvalue weighted by Crippen LogP contribution is -2.33. The van der Waals surface area contributed by atoms with Gasteiger partial charge in [-0.15, -0.1) is 11.6 Å². The molecule has 0 spiro atoms. The highest BCUT2D eigenvalue weighted by Gasteiger charge is 2.30. The van der Waals surface area contributed by atoms with E-state index in [1.54, 1.807) is 0 Å². The topological polar surface area (TPSA) is 60.8 Å². The van der Waals surface area contributed by atoms with Gasteiger partial charge in [0.05, 0.1) is 11.5 Å². The molecular weight excluding hydrogens is 338 g/mol. The first-order valence-corrected chi connectivity index (χ1v) is 10.1. The molecule has 144 valence electrons. The third kappa shape index (κ3) is 10.0. The van der Waals surface area contributed by atoms with E-state index in [0.717, 1.165) is 45.2 Å². The van der Waals surface area contributed by atoms with Crippen molar-refractivity contribution in [2.45, 2.75) is 82.2 Å². The van der Waals surface area contributed by atoms with E-state index in [0.29, 0.717) is 12.5 Å². The lowest BCUT2D eigenvalue weighted by Gasteiger charge is -2.23. The van der Waals surface area contributed by atoms with Gasteiger partial charge in [-0.3, -0.25) is 9.69 Å². The number of likely N-dealkylation sites (tertiary alicyclic amines) is 1. The molecule has 0 aliphatic carbocycles. The average Bonchev–Trinajstić information content (AvgIpc) is 2.91. The molecule has 4 nitrogen and oxygen atoms in total. The van der Waals surface area contributed by atoms with E-state index >= 15 is 0 Å². The molecule has 1 aliphatic heterocycles. The largest absolute Gasteiger partial charge is 0.481 e. The van der Waals surface area contributed by atoms with Gasteiger partial charge in [-0.25, -0.2) is 0 Å². The van der Waals surface area contributed by atoms with Crippen molar-refractivity contribution < 1.29 is 15.0 Å². The van der Waals surface area contributed by atoms with Crippen LogP contribution in [-0.4, -0.2) is 51.7 Å². The molecule has 1 aliphatic rings. The summed E-state index contributed by atoms with van der Waals surface area (Å²) in [6, 6.07) is 0.319. The maximum absolute atomic E-state index is 10.5. The van der Waals surface area contributed by atoms with Gasteiger partial charge in [-0.05, 0) is 32.1 Å². The van der Waals surface area contributed by atoms with Crippen molar-refractivity contribution in [1.82, 2.24) is 4.90 Å². The summed E-state index contributed by atoms with van der Waals surface area (Å²) in [5.41, 5.74) is 0. The molecule has 25 heavy (non-hydrogen) atoms. The molecule has 1 heterocycles. The van der Waals surface area contributed by atoms with Crippen molar-refractivity contribution in [3.63, 3.8) is 0 Å². The average molecular weight is 372 g/mol. The van der Waals surface area contributed by atoms with Crippen molar-refractivity contribution in [3.8, 4) is 0 Å². The van der Waals surface area contributed by atoms with Crippen molar-refractivity contribution in [3.05, 3.63) is 24.3 Å². The quantitative estimate of drug-likeness (QED) is 0.287. The van der Waals surface area contributed by atoms with Gasteiger partial charge in [0.2, 0.25) is 0 Å². The molecule has 0 radical (unpaired) electrons. The molecule has 1 rings (SSSR count). The normalized spacial score (nSPS) is 23.0. The first kappa shape index (κ1) is 22.2. The Morgan fingerprint density at radius 1 is 1.28 bits per heavy atom. The summed E-state index contributed by atoms with van der Waals surface area (Å²) >= 11 is 6.45.